The van der Waals surface area contributed by atoms with Gasteiger partial charge >= 0.3 is 24.1 Å². The summed E-state index contributed by atoms with van der Waals surface area (Å²) >= 11 is 10.1. The van der Waals surface area contributed by atoms with Gasteiger partial charge in [-0.25, -0.2) is 14.4 Å². The molecule has 2 saturated heterocycles. The lowest BCUT2D eigenvalue weighted by Crippen LogP contribution is -2.53. The van der Waals surface area contributed by atoms with Crippen LogP contribution in [0.25, 0.3) is 0 Å². The maximum atomic E-state index is 14.4. The number of hydrogen-bond donors (Lipinski definition) is 5. The Morgan fingerprint density at radius 1 is 1.06 bits per heavy atom. The van der Waals surface area contributed by atoms with Gasteiger partial charge in [0.1, 0.15) is 40.9 Å². The minimum Gasteiger partial charge on any atom is -0.462 e. The second-order valence-electron chi connectivity index (χ2n) is 23.3. The number of anilines is 2. The number of allylic oxidation sites excluding steroid dienone is 3. The standard InChI is InChI=1S/C61H83BrClN5O14/c1-35(2)44(30-43(69)17-12-13-24-59(7,8)82-56(74)38(5)34-62)55(73)67-45(18-15-25-65-57(64)75)47(70)29-40-20-22-42(23-21-40)66-58(76)80-50-31-51(71)68(10)46-28-41(27-37(4)53(46)63)26-36(3)16-14-19-49(78-11)61(77)32-48(79-52(72)33-61)39(6)54-60(50,9)81-54/h14,16,19-23,27-28,35,39,44-45,48-50,54,77H,5,12-13,15,17-18,24-26,29-34H2,1-4,6-11H3,(H,66,76)(H,67,73)(H3,64,65,75)/b19-14+,36-16+/t39-,44+,45+,48+,49-,50+,54+,60+,61-/m1/s1. The molecule has 0 aromatic heterocycles. The van der Waals surface area contributed by atoms with Crippen LogP contribution in [0.5, 0.6) is 0 Å². The zero-order chi connectivity index (χ0) is 60.9. The third kappa shape index (κ3) is 18.8. The van der Waals surface area contributed by atoms with Gasteiger partial charge in [0.2, 0.25) is 11.8 Å². The summed E-state index contributed by atoms with van der Waals surface area (Å²) < 4.78 is 29.6. The molecule has 19 nitrogen and oxygen atoms in total. The minimum absolute atomic E-state index is 0.0188. The van der Waals surface area contributed by atoms with Crippen molar-refractivity contribution < 1.29 is 67.1 Å². The molecule has 0 unspecified atom stereocenters. The van der Waals surface area contributed by atoms with Crippen LogP contribution in [0.1, 0.15) is 129 Å². The second kappa shape index (κ2) is 29.5. The van der Waals surface area contributed by atoms with Crippen molar-refractivity contribution in [3.63, 3.8) is 0 Å². The highest BCUT2D eigenvalue weighted by Gasteiger charge is 2.64. The number of urea groups is 1. The first kappa shape index (κ1) is 66.9. The van der Waals surface area contributed by atoms with Crippen LogP contribution in [0.15, 0.2) is 72.4 Å². The molecule has 3 aliphatic heterocycles. The molecule has 0 aliphatic carbocycles. The number of alkyl halides is 1. The summed E-state index contributed by atoms with van der Waals surface area (Å²) in [5, 5.41) is 20.8. The molecule has 450 valence electrons. The number of hydrogen-bond acceptors (Lipinski definition) is 14. The van der Waals surface area contributed by atoms with Crippen molar-refractivity contribution in [1.82, 2.24) is 10.6 Å². The summed E-state index contributed by atoms with van der Waals surface area (Å²) in [7, 11) is 3.06. The van der Waals surface area contributed by atoms with Gasteiger partial charge in [-0.1, -0.05) is 96.9 Å². The Morgan fingerprint density at radius 2 is 1.76 bits per heavy atom. The van der Waals surface area contributed by atoms with Crippen molar-refractivity contribution in [2.24, 2.45) is 23.5 Å². The number of ketones is 2. The maximum absolute atomic E-state index is 14.4. The number of carbonyl (C=O) groups excluding carboxylic acids is 8. The number of halogens is 2. The molecule has 3 aliphatic rings. The van der Waals surface area contributed by atoms with Gasteiger partial charge in [0.05, 0.1) is 35.7 Å². The molecule has 0 spiro atoms. The Hall–Kier alpha value is -5.93. The predicted octanol–water partition coefficient (Wildman–Crippen LogP) is 9.03. The van der Waals surface area contributed by atoms with E-state index in [-0.39, 0.29) is 69.0 Å². The molecule has 82 heavy (non-hydrogen) atoms. The fourth-order valence-electron chi connectivity index (χ4n) is 10.6. The molecule has 3 heterocycles. The maximum Gasteiger partial charge on any atom is 0.412 e. The first-order valence-electron chi connectivity index (χ1n) is 27.9. The van der Waals surface area contributed by atoms with E-state index in [4.69, 9.17) is 41.0 Å². The molecule has 6 N–H and O–H groups in total. The normalized spacial score (nSPS) is 24.8. The zero-order valence-corrected chi connectivity index (χ0v) is 51.3. The summed E-state index contributed by atoms with van der Waals surface area (Å²) in [6.07, 6.45) is 2.95. The summed E-state index contributed by atoms with van der Waals surface area (Å²) in [4.78, 5) is 108. The van der Waals surface area contributed by atoms with Gasteiger partial charge in [-0.2, -0.15) is 0 Å². The van der Waals surface area contributed by atoms with Crippen molar-refractivity contribution in [3.8, 4) is 0 Å². The van der Waals surface area contributed by atoms with Gasteiger partial charge in [-0.15, -0.1) is 0 Å². The van der Waals surface area contributed by atoms with E-state index in [1.54, 1.807) is 64.2 Å². The third-order valence-corrected chi connectivity index (χ3v) is 16.8. The van der Waals surface area contributed by atoms with E-state index in [1.807, 2.05) is 52.8 Å². The van der Waals surface area contributed by atoms with Gasteiger partial charge in [0, 0.05) is 74.8 Å². The van der Waals surface area contributed by atoms with Gasteiger partial charge < -0.3 is 50.1 Å². The number of fused-ring (bicyclic) bond motifs is 5. The number of Topliss-reactive ketones (excluding diaryl/α,β-unsaturated/α-hetero) is 2. The Kier molecular flexibility index (Phi) is 24.1. The molecule has 5 amide bonds. The Labute approximate surface area is 495 Å². The van der Waals surface area contributed by atoms with E-state index in [0.29, 0.717) is 65.0 Å². The number of nitrogens with one attached hydrogen (secondary N) is 3. The molecule has 2 aromatic carbocycles. The summed E-state index contributed by atoms with van der Waals surface area (Å²) in [5.41, 5.74) is 5.82. The fraction of sp³-hybridized carbons (Fsp3) is 0.574. The van der Waals surface area contributed by atoms with Crippen LogP contribution in [0, 0.1) is 24.7 Å². The highest BCUT2D eigenvalue weighted by molar-refractivity contribution is 9.09. The van der Waals surface area contributed by atoms with Crippen molar-refractivity contribution >= 4 is 86.3 Å². The van der Waals surface area contributed by atoms with Gasteiger partial charge in [0.25, 0.3) is 0 Å². The molecular weight excluding hydrogens is 1140 g/mol. The number of methoxy groups -OCH3 is 1. The number of nitrogens with two attached hydrogens (primary N) is 1. The number of epoxide rings is 1. The number of nitrogens with zero attached hydrogens (tertiary/aromatic N) is 1. The van der Waals surface area contributed by atoms with Crippen molar-refractivity contribution in [2.75, 3.05) is 36.2 Å². The van der Waals surface area contributed by atoms with Crippen LogP contribution >= 0.6 is 27.5 Å². The Bertz CT molecular complexity index is 2750. The molecular formula is C61H83BrClN5O14. The van der Waals surface area contributed by atoms with Crippen molar-refractivity contribution in [1.29, 1.82) is 0 Å². The number of ether oxygens (including phenoxy) is 5. The smallest absolute Gasteiger partial charge is 0.412 e. The summed E-state index contributed by atoms with van der Waals surface area (Å²) in [6, 6.07) is 8.48. The molecule has 2 fully saturated rings. The Morgan fingerprint density at radius 3 is 2.40 bits per heavy atom. The summed E-state index contributed by atoms with van der Waals surface area (Å²) in [6.45, 7) is 18.4. The van der Waals surface area contributed by atoms with Crippen LogP contribution in [0.4, 0.5) is 21.0 Å². The predicted molar refractivity (Wildman–Crippen MR) is 315 cm³/mol. The molecule has 21 heteroatoms. The number of rotatable bonds is 23. The quantitative estimate of drug-likeness (QED) is 0.0174. The van der Waals surface area contributed by atoms with E-state index < -0.39 is 95.0 Å². The number of unbranched alkanes of at least 4 members (excludes halogenated alkanes) is 1. The fourth-order valence-corrected chi connectivity index (χ4v) is 11.1. The number of amides is 5. The average molecular weight is 1230 g/mol. The molecule has 4 bridgehead atoms. The van der Waals surface area contributed by atoms with Gasteiger partial charge in [0.15, 0.2) is 5.78 Å². The van der Waals surface area contributed by atoms with Gasteiger partial charge in [-0.3, -0.25) is 29.3 Å². The number of aryl methyl sites for hydroxylation is 1. The highest BCUT2D eigenvalue weighted by atomic mass is 79.9. The summed E-state index contributed by atoms with van der Waals surface area (Å²) in [5.74, 6) is -3.96. The number of esters is 2. The van der Waals surface area contributed by atoms with E-state index >= 15 is 0 Å². The number of benzene rings is 2. The Balaban J connectivity index is 1.29. The van der Waals surface area contributed by atoms with Crippen molar-refractivity contribution in [3.05, 3.63) is 94.1 Å². The largest absolute Gasteiger partial charge is 0.462 e. The number of aliphatic hydroxyl groups is 1. The lowest BCUT2D eigenvalue weighted by atomic mass is 9.78. The zero-order valence-electron chi connectivity index (χ0n) is 49.0. The highest BCUT2D eigenvalue weighted by Crippen LogP contribution is 2.50. The topological polar surface area (TPSA) is 272 Å². The molecule has 0 saturated carbocycles. The van der Waals surface area contributed by atoms with Crippen LogP contribution in [-0.2, 0) is 65.3 Å². The van der Waals surface area contributed by atoms with E-state index in [1.165, 1.54) is 12.0 Å². The lowest BCUT2D eigenvalue weighted by Gasteiger charge is -2.41. The SMILES string of the molecule is C=C(CBr)C(=O)OC(C)(C)CCCCC(=O)C[C@H](C(=O)N[C@@H](CCCNC(N)=O)C(=O)Cc1ccc(NC(=O)O[C@H]2CC(=O)N(C)c3cc(cc(C)c3Cl)C/C(C)=C/C=C/[C@@H](OC)[C@]3(O)CC(=O)O[C@@H](C3)[C@@H](C)[C@@H]3O[C@@]23C)cc1)C(C)C. The number of primary amides is 1. The van der Waals surface area contributed by atoms with Crippen LogP contribution < -0.4 is 26.6 Å². The molecule has 5 rings (SSSR count). The second-order valence-corrected chi connectivity index (χ2v) is 24.2. The first-order valence-corrected chi connectivity index (χ1v) is 29.4. The van der Waals surface area contributed by atoms with E-state index in [0.717, 1.165) is 16.7 Å². The molecule has 9 atom stereocenters. The molecule has 2 aromatic rings. The molecule has 0 radical (unpaired) electrons. The van der Waals surface area contributed by atoms with Gasteiger partial charge in [-0.05, 0) is 114 Å². The van der Waals surface area contributed by atoms with E-state index in [9.17, 15) is 43.5 Å². The van der Waals surface area contributed by atoms with Crippen LogP contribution in [0.3, 0.4) is 0 Å². The minimum atomic E-state index is -1.62. The monoisotopic (exact) mass is 1220 g/mol. The third-order valence-electron chi connectivity index (χ3n) is 15.6. The van der Waals surface area contributed by atoms with Crippen molar-refractivity contribution in [2.45, 2.75) is 180 Å². The lowest BCUT2D eigenvalue weighted by molar-refractivity contribution is -0.187. The van der Waals surface area contributed by atoms with Crippen LogP contribution in [-0.4, -0.2) is 126 Å². The first-order chi connectivity index (χ1) is 38.5. The average Bonchev–Trinajstić information content (AvgIpc) is 2.61. The van der Waals surface area contributed by atoms with E-state index in [2.05, 4.69) is 38.5 Å². The number of carbonyl (C=O) groups is 8. The van der Waals surface area contributed by atoms with Crippen LogP contribution in [0.2, 0.25) is 5.02 Å².